The first-order valence-corrected chi connectivity index (χ1v) is 7.88. The molecule has 0 bridgehead atoms. The molecule has 0 unspecified atom stereocenters. The number of aromatic nitrogens is 1. The van der Waals surface area contributed by atoms with Crippen LogP contribution in [0.4, 0.5) is 0 Å². The van der Waals surface area contributed by atoms with Gasteiger partial charge in [-0.25, -0.2) is 0 Å². The molecule has 21 heavy (non-hydrogen) atoms. The number of hydrogen-bond donors (Lipinski definition) is 1. The highest BCUT2D eigenvalue weighted by atomic mass is 16.5. The maximum Gasteiger partial charge on any atom is 0.270 e. The van der Waals surface area contributed by atoms with Gasteiger partial charge in [-0.15, -0.1) is 0 Å². The van der Waals surface area contributed by atoms with Gasteiger partial charge in [-0.1, -0.05) is 18.9 Å². The normalized spacial score (nSPS) is 27.2. The molecule has 1 aromatic heterocycles. The summed E-state index contributed by atoms with van der Waals surface area (Å²) in [6.45, 7) is 3.55. The summed E-state index contributed by atoms with van der Waals surface area (Å²) >= 11 is 0. The van der Waals surface area contributed by atoms with E-state index in [2.05, 4.69) is 15.2 Å². The van der Waals surface area contributed by atoms with Gasteiger partial charge in [0.2, 0.25) is 0 Å². The quantitative estimate of drug-likeness (QED) is 0.915. The van der Waals surface area contributed by atoms with Gasteiger partial charge in [-0.3, -0.25) is 14.7 Å². The fourth-order valence-electron chi connectivity index (χ4n) is 3.37. The molecule has 1 saturated heterocycles. The number of rotatable bonds is 3. The zero-order valence-electron chi connectivity index (χ0n) is 12.3. The lowest BCUT2D eigenvalue weighted by Crippen LogP contribution is -2.56. The Labute approximate surface area is 125 Å². The van der Waals surface area contributed by atoms with Crippen LogP contribution in [0.5, 0.6) is 0 Å². The van der Waals surface area contributed by atoms with Crippen molar-refractivity contribution in [3.8, 4) is 0 Å². The molecular formula is C16H23N3O2. The molecule has 1 N–H and O–H groups in total. The first-order valence-electron chi connectivity index (χ1n) is 7.88. The Morgan fingerprint density at radius 3 is 2.81 bits per heavy atom. The average molecular weight is 289 g/mol. The van der Waals surface area contributed by atoms with E-state index in [1.54, 1.807) is 12.3 Å². The second-order valence-corrected chi connectivity index (χ2v) is 5.80. The van der Waals surface area contributed by atoms with Crippen LogP contribution >= 0.6 is 0 Å². The highest BCUT2D eigenvalue weighted by molar-refractivity contribution is 5.92. The lowest BCUT2D eigenvalue weighted by atomic mass is 9.88. The van der Waals surface area contributed by atoms with Crippen LogP contribution in [-0.2, 0) is 4.74 Å². The van der Waals surface area contributed by atoms with Crippen molar-refractivity contribution in [2.24, 2.45) is 0 Å². The summed E-state index contributed by atoms with van der Waals surface area (Å²) in [6.07, 6.45) is 6.31. The van der Waals surface area contributed by atoms with Crippen LogP contribution in [0.3, 0.4) is 0 Å². The molecule has 1 aromatic rings. The van der Waals surface area contributed by atoms with E-state index in [1.807, 2.05) is 12.1 Å². The zero-order chi connectivity index (χ0) is 14.5. The van der Waals surface area contributed by atoms with Gasteiger partial charge in [-0.05, 0) is 25.0 Å². The first-order chi connectivity index (χ1) is 10.3. The molecular weight excluding hydrogens is 266 g/mol. The Morgan fingerprint density at radius 2 is 2.05 bits per heavy atom. The van der Waals surface area contributed by atoms with Gasteiger partial charge in [0.15, 0.2) is 0 Å². The van der Waals surface area contributed by atoms with E-state index in [4.69, 9.17) is 4.74 Å². The molecule has 5 heteroatoms. The van der Waals surface area contributed by atoms with E-state index in [9.17, 15) is 4.79 Å². The van der Waals surface area contributed by atoms with Gasteiger partial charge in [0.25, 0.3) is 5.91 Å². The summed E-state index contributed by atoms with van der Waals surface area (Å²) < 4.78 is 5.44. The van der Waals surface area contributed by atoms with Crippen molar-refractivity contribution >= 4 is 5.91 Å². The topological polar surface area (TPSA) is 54.5 Å². The molecule has 2 fully saturated rings. The minimum Gasteiger partial charge on any atom is -0.379 e. The van der Waals surface area contributed by atoms with E-state index in [0.717, 1.165) is 39.1 Å². The number of amides is 1. The van der Waals surface area contributed by atoms with Crippen LogP contribution in [0.2, 0.25) is 0 Å². The van der Waals surface area contributed by atoms with Gasteiger partial charge >= 0.3 is 0 Å². The number of carbonyl (C=O) groups is 1. The second kappa shape index (κ2) is 7.00. The Hall–Kier alpha value is -1.46. The number of nitrogens with zero attached hydrogens (tertiary/aromatic N) is 2. The molecule has 1 amide bonds. The third-order valence-electron chi connectivity index (χ3n) is 4.46. The van der Waals surface area contributed by atoms with Gasteiger partial charge < -0.3 is 10.1 Å². The number of pyridine rings is 1. The van der Waals surface area contributed by atoms with Crippen LogP contribution in [0.15, 0.2) is 24.4 Å². The predicted octanol–water partition coefficient (Wildman–Crippen LogP) is 1.45. The Kier molecular flexibility index (Phi) is 4.83. The van der Waals surface area contributed by atoms with Crippen molar-refractivity contribution in [1.29, 1.82) is 0 Å². The largest absolute Gasteiger partial charge is 0.379 e. The van der Waals surface area contributed by atoms with Crippen molar-refractivity contribution in [2.75, 3.05) is 26.3 Å². The third-order valence-corrected chi connectivity index (χ3v) is 4.46. The highest BCUT2D eigenvalue weighted by Crippen LogP contribution is 2.24. The number of ether oxygens (including phenoxy) is 1. The van der Waals surface area contributed by atoms with Gasteiger partial charge in [0.1, 0.15) is 5.69 Å². The summed E-state index contributed by atoms with van der Waals surface area (Å²) in [5.41, 5.74) is 0.504. The standard InChI is InChI=1S/C16H23N3O2/c20-16(14-6-3-4-8-17-14)18-13-5-1-2-7-15(13)19-9-11-21-12-10-19/h3-4,6,8,13,15H,1-2,5,7,9-12H2,(H,18,20)/t13-,15-/m1/s1. The molecule has 2 aliphatic rings. The molecule has 1 aliphatic heterocycles. The Balaban J connectivity index is 1.65. The predicted molar refractivity (Wildman–Crippen MR) is 80.1 cm³/mol. The number of nitrogens with one attached hydrogen (secondary N) is 1. The van der Waals surface area contributed by atoms with Crippen molar-refractivity contribution in [2.45, 2.75) is 37.8 Å². The molecule has 0 spiro atoms. The van der Waals surface area contributed by atoms with Crippen molar-refractivity contribution in [3.63, 3.8) is 0 Å². The minimum absolute atomic E-state index is 0.0549. The maximum absolute atomic E-state index is 12.3. The summed E-state index contributed by atoms with van der Waals surface area (Å²) in [7, 11) is 0. The number of carbonyl (C=O) groups excluding carboxylic acids is 1. The van der Waals surface area contributed by atoms with Crippen molar-refractivity contribution in [1.82, 2.24) is 15.2 Å². The lowest BCUT2D eigenvalue weighted by Gasteiger charge is -2.41. The van der Waals surface area contributed by atoms with Gasteiger partial charge in [0, 0.05) is 31.4 Å². The van der Waals surface area contributed by atoms with E-state index in [0.29, 0.717) is 11.7 Å². The second-order valence-electron chi connectivity index (χ2n) is 5.80. The summed E-state index contributed by atoms with van der Waals surface area (Å²) in [5, 5.41) is 3.20. The van der Waals surface area contributed by atoms with E-state index >= 15 is 0 Å². The van der Waals surface area contributed by atoms with Crippen LogP contribution in [0, 0.1) is 0 Å². The Bertz CT molecular complexity index is 460. The molecule has 0 radical (unpaired) electrons. The van der Waals surface area contributed by atoms with E-state index < -0.39 is 0 Å². The molecule has 0 aromatic carbocycles. The summed E-state index contributed by atoms with van der Waals surface area (Å²) in [4.78, 5) is 18.9. The van der Waals surface area contributed by atoms with Crippen LogP contribution in [0.1, 0.15) is 36.2 Å². The molecule has 5 nitrogen and oxygen atoms in total. The molecule has 1 aliphatic carbocycles. The average Bonchev–Trinajstić information content (AvgIpc) is 2.57. The fourth-order valence-corrected chi connectivity index (χ4v) is 3.37. The molecule has 2 heterocycles. The Morgan fingerprint density at radius 1 is 1.24 bits per heavy atom. The SMILES string of the molecule is O=C(N[C@@H]1CCCC[C@H]1N1CCOCC1)c1ccccn1. The van der Waals surface area contributed by atoms with Crippen molar-refractivity contribution < 1.29 is 9.53 Å². The number of hydrogen-bond acceptors (Lipinski definition) is 4. The number of morpholine rings is 1. The third kappa shape index (κ3) is 3.60. The van der Waals surface area contributed by atoms with E-state index in [-0.39, 0.29) is 11.9 Å². The summed E-state index contributed by atoms with van der Waals surface area (Å²) in [5.74, 6) is -0.0549. The molecule has 3 rings (SSSR count). The first kappa shape index (κ1) is 14.5. The van der Waals surface area contributed by atoms with Crippen molar-refractivity contribution in [3.05, 3.63) is 30.1 Å². The monoisotopic (exact) mass is 289 g/mol. The molecule has 114 valence electrons. The minimum atomic E-state index is -0.0549. The summed E-state index contributed by atoms with van der Waals surface area (Å²) in [6, 6.07) is 6.11. The smallest absolute Gasteiger partial charge is 0.270 e. The molecule has 2 atom stereocenters. The van der Waals surface area contributed by atoms with Crippen LogP contribution < -0.4 is 5.32 Å². The van der Waals surface area contributed by atoms with Gasteiger partial charge in [0.05, 0.1) is 13.2 Å². The lowest BCUT2D eigenvalue weighted by molar-refractivity contribution is 0.000102. The molecule has 1 saturated carbocycles. The fraction of sp³-hybridized carbons (Fsp3) is 0.625. The zero-order valence-corrected chi connectivity index (χ0v) is 12.3. The van der Waals surface area contributed by atoms with Crippen LogP contribution in [0.25, 0.3) is 0 Å². The highest BCUT2D eigenvalue weighted by Gasteiger charge is 2.32. The van der Waals surface area contributed by atoms with E-state index in [1.165, 1.54) is 12.8 Å². The maximum atomic E-state index is 12.3. The van der Waals surface area contributed by atoms with Crippen LogP contribution in [-0.4, -0.2) is 54.2 Å². The van der Waals surface area contributed by atoms with Gasteiger partial charge in [-0.2, -0.15) is 0 Å².